The van der Waals surface area contributed by atoms with Gasteiger partial charge in [0.15, 0.2) is 6.29 Å². The van der Waals surface area contributed by atoms with Crippen LogP contribution >= 0.6 is 34.8 Å². The molecule has 3 nitrogen and oxygen atoms in total. The Balaban J connectivity index is 2.69. The molecule has 6 heteroatoms. The fraction of sp³-hybridized carbons (Fsp3) is 0. The molecule has 0 spiro atoms. The maximum atomic E-state index is 11.1. The van der Waals surface area contributed by atoms with Crippen LogP contribution in [0, 0.1) is 0 Å². The van der Waals surface area contributed by atoms with E-state index >= 15 is 0 Å². The molecule has 2 aromatic rings. The van der Waals surface area contributed by atoms with Crippen molar-refractivity contribution < 1.29 is 4.79 Å². The molecular formula is C12H6Cl3NO2. The van der Waals surface area contributed by atoms with E-state index in [1.165, 1.54) is 12.1 Å². The number of aromatic nitrogens is 1. The first kappa shape index (κ1) is 13.1. The second kappa shape index (κ2) is 5.14. The van der Waals surface area contributed by atoms with Gasteiger partial charge >= 0.3 is 0 Å². The van der Waals surface area contributed by atoms with Crippen molar-refractivity contribution in [3.05, 3.63) is 55.4 Å². The number of pyridine rings is 1. The van der Waals surface area contributed by atoms with Gasteiger partial charge in [-0.3, -0.25) is 9.59 Å². The second-order valence-corrected chi connectivity index (χ2v) is 4.71. The number of H-pyrrole nitrogens is 1. The van der Waals surface area contributed by atoms with Gasteiger partial charge in [-0.25, -0.2) is 0 Å². The summed E-state index contributed by atoms with van der Waals surface area (Å²) in [6.07, 6.45) is 0.563. The van der Waals surface area contributed by atoms with Crippen LogP contribution in [0.4, 0.5) is 0 Å². The molecule has 1 heterocycles. The van der Waals surface area contributed by atoms with E-state index in [1.807, 2.05) is 0 Å². The van der Waals surface area contributed by atoms with Crippen molar-refractivity contribution in [1.29, 1.82) is 0 Å². The molecule has 0 fully saturated rings. The maximum Gasteiger partial charge on any atom is 0.248 e. The minimum absolute atomic E-state index is 0.164. The molecule has 2 rings (SSSR count). The predicted octanol–water partition coefficient (Wildman–Crippen LogP) is 3.81. The van der Waals surface area contributed by atoms with Gasteiger partial charge in [-0.15, -0.1) is 0 Å². The van der Waals surface area contributed by atoms with Crippen LogP contribution in [0.1, 0.15) is 10.5 Å². The van der Waals surface area contributed by atoms with Crippen LogP contribution in [0.2, 0.25) is 15.1 Å². The van der Waals surface area contributed by atoms with Crippen molar-refractivity contribution in [3.8, 4) is 11.1 Å². The normalized spacial score (nSPS) is 10.4. The van der Waals surface area contributed by atoms with Crippen LogP contribution in [-0.2, 0) is 0 Å². The number of benzene rings is 1. The van der Waals surface area contributed by atoms with Crippen molar-refractivity contribution in [1.82, 2.24) is 4.98 Å². The van der Waals surface area contributed by atoms with E-state index in [0.29, 0.717) is 17.4 Å². The summed E-state index contributed by atoms with van der Waals surface area (Å²) in [6.45, 7) is 0. The van der Waals surface area contributed by atoms with E-state index < -0.39 is 0 Å². The molecule has 0 aliphatic carbocycles. The molecule has 0 amide bonds. The Morgan fingerprint density at radius 2 is 1.67 bits per heavy atom. The van der Waals surface area contributed by atoms with Crippen molar-refractivity contribution >= 4 is 41.1 Å². The van der Waals surface area contributed by atoms with E-state index in [0.717, 1.165) is 0 Å². The zero-order chi connectivity index (χ0) is 13.3. The van der Waals surface area contributed by atoms with Crippen LogP contribution in [0.25, 0.3) is 11.1 Å². The van der Waals surface area contributed by atoms with Crippen LogP contribution in [0.3, 0.4) is 0 Å². The highest BCUT2D eigenvalue weighted by atomic mass is 35.5. The smallest absolute Gasteiger partial charge is 0.248 e. The quantitative estimate of drug-likeness (QED) is 0.677. The van der Waals surface area contributed by atoms with Crippen molar-refractivity contribution in [2.75, 3.05) is 0 Å². The summed E-state index contributed by atoms with van der Waals surface area (Å²) in [5.41, 5.74) is 0.946. The number of halogens is 3. The fourth-order valence-corrected chi connectivity index (χ4v) is 2.14. The largest absolute Gasteiger partial charge is 0.319 e. The van der Waals surface area contributed by atoms with Crippen LogP contribution in [-0.4, -0.2) is 11.3 Å². The third-order valence-electron chi connectivity index (χ3n) is 2.36. The Hall–Kier alpha value is -1.29. The lowest BCUT2D eigenvalue weighted by Crippen LogP contribution is -2.07. The lowest BCUT2D eigenvalue weighted by atomic mass is 10.0. The topological polar surface area (TPSA) is 49.9 Å². The molecule has 0 radical (unpaired) electrons. The molecule has 1 aromatic heterocycles. The number of nitrogens with one attached hydrogen (secondary N) is 1. The minimum atomic E-state index is -0.355. The number of hydrogen-bond donors (Lipinski definition) is 1. The molecule has 0 bridgehead atoms. The molecule has 0 saturated carbocycles. The van der Waals surface area contributed by atoms with Crippen molar-refractivity contribution in [2.24, 2.45) is 0 Å². The Morgan fingerprint density at radius 3 is 2.22 bits per heavy atom. The van der Waals surface area contributed by atoms with E-state index in [4.69, 9.17) is 34.8 Å². The first-order chi connectivity index (χ1) is 8.52. The number of aromatic amines is 1. The molecule has 0 atom stereocenters. The number of rotatable bonds is 2. The molecule has 92 valence electrons. The van der Waals surface area contributed by atoms with Gasteiger partial charge < -0.3 is 4.98 Å². The van der Waals surface area contributed by atoms with Crippen LogP contribution < -0.4 is 5.56 Å². The van der Waals surface area contributed by atoms with Gasteiger partial charge in [0.1, 0.15) is 0 Å². The average molecular weight is 303 g/mol. The standard InChI is InChI=1S/C12H6Cl3NO2/c13-8-3-6(4-9(14)12(8)15)7-1-2-11(18)16-10(7)5-17/h1-5H,(H,16,18). The van der Waals surface area contributed by atoms with Crippen LogP contribution in [0.15, 0.2) is 29.1 Å². The molecule has 18 heavy (non-hydrogen) atoms. The van der Waals surface area contributed by atoms with Gasteiger partial charge in [-0.05, 0) is 23.8 Å². The summed E-state index contributed by atoms with van der Waals surface area (Å²) in [5.74, 6) is 0. The van der Waals surface area contributed by atoms with E-state index in [9.17, 15) is 9.59 Å². The molecule has 0 saturated heterocycles. The summed E-state index contributed by atoms with van der Waals surface area (Å²) in [7, 11) is 0. The second-order valence-electron chi connectivity index (χ2n) is 3.52. The molecule has 0 unspecified atom stereocenters. The Morgan fingerprint density at radius 1 is 1.06 bits per heavy atom. The molecule has 0 aliphatic rings. The Bertz CT molecular complexity index is 656. The van der Waals surface area contributed by atoms with Gasteiger partial charge in [0.25, 0.3) is 0 Å². The highest BCUT2D eigenvalue weighted by molar-refractivity contribution is 6.48. The van der Waals surface area contributed by atoms with E-state index in [-0.39, 0.29) is 26.3 Å². The third-order valence-corrected chi connectivity index (χ3v) is 3.56. The van der Waals surface area contributed by atoms with Gasteiger partial charge in [0.05, 0.1) is 20.8 Å². The summed E-state index contributed by atoms with van der Waals surface area (Å²) in [4.78, 5) is 24.5. The highest BCUT2D eigenvalue weighted by Gasteiger charge is 2.10. The first-order valence-corrected chi connectivity index (χ1v) is 5.99. The van der Waals surface area contributed by atoms with E-state index in [2.05, 4.69) is 4.98 Å². The van der Waals surface area contributed by atoms with Gasteiger partial charge in [-0.2, -0.15) is 0 Å². The summed E-state index contributed by atoms with van der Waals surface area (Å²) in [6, 6.07) is 6.00. The Kier molecular flexibility index (Phi) is 3.76. The fourth-order valence-electron chi connectivity index (χ4n) is 1.55. The molecular weight excluding hydrogens is 296 g/mol. The zero-order valence-corrected chi connectivity index (χ0v) is 11.1. The number of carbonyl (C=O) groups is 1. The maximum absolute atomic E-state index is 11.1. The monoisotopic (exact) mass is 301 g/mol. The minimum Gasteiger partial charge on any atom is -0.319 e. The lowest BCUT2D eigenvalue weighted by Gasteiger charge is -2.07. The lowest BCUT2D eigenvalue weighted by molar-refractivity contribution is 0.111. The molecule has 0 aliphatic heterocycles. The molecule has 1 N–H and O–H groups in total. The van der Waals surface area contributed by atoms with Gasteiger partial charge in [0.2, 0.25) is 5.56 Å². The predicted molar refractivity (Wildman–Crippen MR) is 72.9 cm³/mol. The van der Waals surface area contributed by atoms with Crippen LogP contribution in [0.5, 0.6) is 0 Å². The van der Waals surface area contributed by atoms with Gasteiger partial charge in [0, 0.05) is 11.6 Å². The Labute approximate surface area is 117 Å². The number of carbonyl (C=O) groups excluding carboxylic acids is 1. The van der Waals surface area contributed by atoms with Gasteiger partial charge in [-0.1, -0.05) is 34.8 Å². The molecule has 1 aromatic carbocycles. The summed E-state index contributed by atoms with van der Waals surface area (Å²) >= 11 is 17.7. The summed E-state index contributed by atoms with van der Waals surface area (Å²) < 4.78 is 0. The summed E-state index contributed by atoms with van der Waals surface area (Å²) in [5, 5.41) is 0.809. The van der Waals surface area contributed by atoms with E-state index in [1.54, 1.807) is 12.1 Å². The van der Waals surface area contributed by atoms with Crippen molar-refractivity contribution in [2.45, 2.75) is 0 Å². The zero-order valence-electron chi connectivity index (χ0n) is 8.84. The highest BCUT2D eigenvalue weighted by Crippen LogP contribution is 2.35. The SMILES string of the molecule is O=Cc1[nH]c(=O)ccc1-c1cc(Cl)c(Cl)c(Cl)c1. The third kappa shape index (κ3) is 2.43. The first-order valence-electron chi connectivity index (χ1n) is 4.86. The number of hydrogen-bond acceptors (Lipinski definition) is 2. The van der Waals surface area contributed by atoms with Crippen molar-refractivity contribution in [3.63, 3.8) is 0 Å². The average Bonchev–Trinajstić information content (AvgIpc) is 2.35. The number of aldehydes is 1.